The summed E-state index contributed by atoms with van der Waals surface area (Å²) in [6, 6.07) is 3.96. The van der Waals surface area contributed by atoms with Crippen LogP contribution in [0.3, 0.4) is 0 Å². The Morgan fingerprint density at radius 3 is 3.00 bits per heavy atom. The third kappa shape index (κ3) is 2.12. The van der Waals surface area contributed by atoms with Crippen LogP contribution in [0.5, 0.6) is 0 Å². The molecule has 0 atom stereocenters. The largest absolute Gasteiger partial charge is 0.333 e. The number of imidazole rings is 1. The summed E-state index contributed by atoms with van der Waals surface area (Å²) in [5, 5.41) is 0. The van der Waals surface area contributed by atoms with Crippen molar-refractivity contribution in [1.82, 2.24) is 14.5 Å². The zero-order chi connectivity index (χ0) is 9.80. The summed E-state index contributed by atoms with van der Waals surface area (Å²) in [4.78, 5) is 8.19. The smallest absolute Gasteiger partial charge is 0.0953 e. The second-order valence-corrected chi connectivity index (χ2v) is 3.30. The number of hydrogen-bond acceptors (Lipinski definition) is 2. The Balaban J connectivity index is 2.11. The summed E-state index contributed by atoms with van der Waals surface area (Å²) in [5.41, 5.74) is 2.06. The quantitative estimate of drug-likeness (QED) is 0.722. The van der Waals surface area contributed by atoms with Crippen molar-refractivity contribution >= 4 is 11.6 Å². The highest BCUT2D eigenvalue weighted by atomic mass is 35.5. The van der Waals surface area contributed by atoms with Crippen molar-refractivity contribution in [2.45, 2.75) is 12.4 Å². The standard InChI is InChI=1S/C10H10ClN3/c11-4-10-7-14(8-13-10)6-9-2-1-3-12-5-9/h1-3,5,7-8H,4,6H2. The molecule has 0 fully saturated rings. The average molecular weight is 208 g/mol. The molecule has 0 aliphatic heterocycles. The van der Waals surface area contributed by atoms with Crippen LogP contribution in [0.1, 0.15) is 11.3 Å². The van der Waals surface area contributed by atoms with Crippen LogP contribution in [0, 0.1) is 0 Å². The van der Waals surface area contributed by atoms with Crippen LogP contribution in [0.2, 0.25) is 0 Å². The maximum Gasteiger partial charge on any atom is 0.0953 e. The average Bonchev–Trinajstić information content (AvgIpc) is 2.67. The summed E-state index contributed by atoms with van der Waals surface area (Å²) in [6.07, 6.45) is 7.34. The van der Waals surface area contributed by atoms with Crippen LogP contribution >= 0.6 is 11.6 Å². The number of rotatable bonds is 3. The minimum atomic E-state index is 0.458. The van der Waals surface area contributed by atoms with Gasteiger partial charge in [0, 0.05) is 18.6 Å². The van der Waals surface area contributed by atoms with Crippen molar-refractivity contribution in [2.75, 3.05) is 0 Å². The summed E-state index contributed by atoms with van der Waals surface area (Å²) in [7, 11) is 0. The van der Waals surface area contributed by atoms with Gasteiger partial charge in [-0.25, -0.2) is 4.98 Å². The fourth-order valence-electron chi connectivity index (χ4n) is 1.26. The van der Waals surface area contributed by atoms with E-state index in [1.54, 1.807) is 12.5 Å². The van der Waals surface area contributed by atoms with Gasteiger partial charge in [-0.05, 0) is 11.6 Å². The second-order valence-electron chi connectivity index (χ2n) is 3.03. The van der Waals surface area contributed by atoms with Gasteiger partial charge < -0.3 is 4.57 Å². The molecule has 0 aliphatic carbocycles. The SMILES string of the molecule is ClCc1cn(Cc2cccnc2)cn1. The van der Waals surface area contributed by atoms with E-state index in [-0.39, 0.29) is 0 Å². The third-order valence-corrected chi connectivity index (χ3v) is 2.19. The highest BCUT2D eigenvalue weighted by Gasteiger charge is 1.97. The molecular weight excluding hydrogens is 198 g/mol. The number of alkyl halides is 1. The van der Waals surface area contributed by atoms with Crippen molar-refractivity contribution in [2.24, 2.45) is 0 Å². The molecule has 0 N–H and O–H groups in total. The van der Waals surface area contributed by atoms with Crippen LogP contribution in [-0.2, 0) is 12.4 Å². The van der Waals surface area contributed by atoms with Gasteiger partial charge in [0.25, 0.3) is 0 Å². The Hall–Kier alpha value is -1.35. The molecule has 2 heterocycles. The van der Waals surface area contributed by atoms with E-state index in [9.17, 15) is 0 Å². The molecule has 2 aromatic heterocycles. The fourth-order valence-corrected chi connectivity index (χ4v) is 1.40. The molecule has 4 heteroatoms. The van der Waals surface area contributed by atoms with E-state index in [1.165, 1.54) is 0 Å². The molecule has 72 valence electrons. The lowest BCUT2D eigenvalue weighted by atomic mass is 10.3. The van der Waals surface area contributed by atoms with Crippen molar-refractivity contribution in [3.05, 3.63) is 48.3 Å². The molecule has 0 saturated heterocycles. The lowest BCUT2D eigenvalue weighted by molar-refractivity contribution is 0.793. The normalized spacial score (nSPS) is 10.4. The molecule has 0 saturated carbocycles. The van der Waals surface area contributed by atoms with Gasteiger partial charge in [-0.1, -0.05) is 6.07 Å². The lowest BCUT2D eigenvalue weighted by Gasteiger charge is -2.00. The number of halogens is 1. The van der Waals surface area contributed by atoms with Gasteiger partial charge >= 0.3 is 0 Å². The Kier molecular flexibility index (Phi) is 2.79. The highest BCUT2D eigenvalue weighted by molar-refractivity contribution is 6.16. The monoisotopic (exact) mass is 207 g/mol. The molecule has 0 unspecified atom stereocenters. The molecule has 0 aromatic carbocycles. The van der Waals surface area contributed by atoms with E-state index in [0.29, 0.717) is 5.88 Å². The molecule has 0 amide bonds. The van der Waals surface area contributed by atoms with E-state index < -0.39 is 0 Å². The molecule has 0 aliphatic rings. The molecule has 0 radical (unpaired) electrons. The lowest BCUT2D eigenvalue weighted by Crippen LogP contribution is -1.96. The van der Waals surface area contributed by atoms with Crippen LogP contribution in [0.15, 0.2) is 37.1 Å². The van der Waals surface area contributed by atoms with Crippen LogP contribution in [0.4, 0.5) is 0 Å². The Bertz CT molecular complexity index is 397. The molecule has 2 aromatic rings. The van der Waals surface area contributed by atoms with Crippen molar-refractivity contribution in [3.63, 3.8) is 0 Å². The first-order valence-corrected chi connectivity index (χ1v) is 4.87. The molecule has 0 spiro atoms. The van der Waals surface area contributed by atoms with E-state index in [0.717, 1.165) is 17.8 Å². The van der Waals surface area contributed by atoms with E-state index >= 15 is 0 Å². The molecule has 2 rings (SSSR count). The molecule has 0 bridgehead atoms. The highest BCUT2D eigenvalue weighted by Crippen LogP contribution is 2.04. The van der Waals surface area contributed by atoms with Gasteiger partial charge in [0.2, 0.25) is 0 Å². The molecular formula is C10H10ClN3. The van der Waals surface area contributed by atoms with E-state index in [4.69, 9.17) is 11.6 Å². The summed E-state index contributed by atoms with van der Waals surface area (Å²) < 4.78 is 1.99. The maximum atomic E-state index is 5.66. The predicted molar refractivity (Wildman–Crippen MR) is 55.1 cm³/mol. The van der Waals surface area contributed by atoms with E-state index in [1.807, 2.05) is 29.1 Å². The zero-order valence-electron chi connectivity index (χ0n) is 7.60. The van der Waals surface area contributed by atoms with Crippen molar-refractivity contribution in [3.8, 4) is 0 Å². The van der Waals surface area contributed by atoms with Crippen LogP contribution in [0.25, 0.3) is 0 Å². The van der Waals surface area contributed by atoms with Gasteiger partial charge in [0.15, 0.2) is 0 Å². The fraction of sp³-hybridized carbons (Fsp3) is 0.200. The minimum Gasteiger partial charge on any atom is -0.333 e. The molecule has 3 nitrogen and oxygen atoms in total. The van der Waals surface area contributed by atoms with Crippen molar-refractivity contribution in [1.29, 1.82) is 0 Å². The van der Waals surface area contributed by atoms with Crippen LogP contribution < -0.4 is 0 Å². The number of pyridine rings is 1. The second kappa shape index (κ2) is 4.24. The molecule has 14 heavy (non-hydrogen) atoms. The maximum absolute atomic E-state index is 5.66. The summed E-state index contributed by atoms with van der Waals surface area (Å²) in [6.45, 7) is 0.789. The first kappa shape index (κ1) is 9.21. The zero-order valence-corrected chi connectivity index (χ0v) is 8.35. The Labute approximate surface area is 87.4 Å². The minimum absolute atomic E-state index is 0.458. The number of hydrogen-bond donors (Lipinski definition) is 0. The van der Waals surface area contributed by atoms with Gasteiger partial charge in [-0.3, -0.25) is 4.98 Å². The number of nitrogens with zero attached hydrogens (tertiary/aromatic N) is 3. The third-order valence-electron chi connectivity index (χ3n) is 1.91. The topological polar surface area (TPSA) is 30.7 Å². The summed E-state index contributed by atoms with van der Waals surface area (Å²) in [5.74, 6) is 0.458. The first-order chi connectivity index (χ1) is 6.88. The van der Waals surface area contributed by atoms with Gasteiger partial charge in [-0.2, -0.15) is 0 Å². The summed E-state index contributed by atoms with van der Waals surface area (Å²) >= 11 is 5.66. The number of aromatic nitrogens is 3. The van der Waals surface area contributed by atoms with Gasteiger partial charge in [0.05, 0.1) is 24.4 Å². The van der Waals surface area contributed by atoms with Crippen LogP contribution in [-0.4, -0.2) is 14.5 Å². The van der Waals surface area contributed by atoms with Gasteiger partial charge in [0.1, 0.15) is 0 Å². The Morgan fingerprint density at radius 1 is 1.43 bits per heavy atom. The van der Waals surface area contributed by atoms with Crippen molar-refractivity contribution < 1.29 is 0 Å². The van der Waals surface area contributed by atoms with Gasteiger partial charge in [-0.15, -0.1) is 11.6 Å². The first-order valence-electron chi connectivity index (χ1n) is 4.34. The predicted octanol–water partition coefficient (Wildman–Crippen LogP) is 2.07. The van der Waals surface area contributed by atoms with E-state index in [2.05, 4.69) is 9.97 Å². The Morgan fingerprint density at radius 2 is 2.36 bits per heavy atom.